The van der Waals surface area contributed by atoms with Gasteiger partial charge in [-0.15, -0.1) is 0 Å². The Kier molecular flexibility index (Phi) is 5.61. The van der Waals surface area contributed by atoms with Crippen LogP contribution in [0.25, 0.3) is 11.0 Å². The summed E-state index contributed by atoms with van der Waals surface area (Å²) in [7, 11) is 0. The van der Waals surface area contributed by atoms with E-state index < -0.39 is 16.9 Å². The summed E-state index contributed by atoms with van der Waals surface area (Å²) in [5.74, 6) is -0.293. The van der Waals surface area contributed by atoms with Gasteiger partial charge in [-0.3, -0.25) is 14.9 Å². The Hall–Kier alpha value is -4.20. The molecule has 0 saturated heterocycles. The standard InChI is InChI=1S/C23H20N4O4/c1-2-31-21-11-9-17(13-20(21)27(29)30)23(28)26-22(15-6-4-3-5-7-15)16-8-10-18-19(12-16)25-14-24-18/h3-14,22H,2H2,1H3,(H,24,25)(H,26,28). The topological polar surface area (TPSA) is 110 Å². The molecule has 156 valence electrons. The fourth-order valence-electron chi connectivity index (χ4n) is 3.43. The van der Waals surface area contributed by atoms with Gasteiger partial charge in [-0.05, 0) is 42.3 Å². The largest absolute Gasteiger partial charge is 0.487 e. The molecular weight excluding hydrogens is 396 g/mol. The second-order valence-corrected chi connectivity index (χ2v) is 6.87. The molecule has 4 rings (SSSR count). The number of H-pyrrole nitrogens is 1. The first kappa shape index (κ1) is 20.1. The minimum Gasteiger partial charge on any atom is -0.487 e. The van der Waals surface area contributed by atoms with Crippen molar-refractivity contribution in [2.75, 3.05) is 6.61 Å². The van der Waals surface area contributed by atoms with E-state index in [4.69, 9.17) is 4.74 Å². The lowest BCUT2D eigenvalue weighted by molar-refractivity contribution is -0.385. The molecule has 1 amide bonds. The summed E-state index contributed by atoms with van der Waals surface area (Å²) in [6.07, 6.45) is 1.61. The zero-order chi connectivity index (χ0) is 21.8. The second kappa shape index (κ2) is 8.66. The van der Waals surface area contributed by atoms with Crippen molar-refractivity contribution in [3.05, 3.63) is 99.9 Å². The molecule has 0 aliphatic rings. The van der Waals surface area contributed by atoms with Crippen LogP contribution in [0.15, 0.2) is 73.1 Å². The van der Waals surface area contributed by atoms with Crippen LogP contribution in [-0.4, -0.2) is 27.4 Å². The second-order valence-electron chi connectivity index (χ2n) is 6.87. The molecule has 0 aliphatic heterocycles. The van der Waals surface area contributed by atoms with E-state index >= 15 is 0 Å². The third-order valence-electron chi connectivity index (χ3n) is 4.90. The number of aromatic amines is 1. The van der Waals surface area contributed by atoms with Crippen molar-refractivity contribution in [2.45, 2.75) is 13.0 Å². The quantitative estimate of drug-likeness (QED) is 0.343. The number of imidazole rings is 1. The number of nitro groups is 1. The van der Waals surface area contributed by atoms with Gasteiger partial charge in [0.05, 0.1) is 34.9 Å². The SMILES string of the molecule is CCOc1ccc(C(=O)NC(c2ccccc2)c2ccc3nc[nH]c3c2)cc1[N+](=O)[O-]. The Labute approximate surface area is 178 Å². The molecule has 1 heterocycles. The third kappa shape index (κ3) is 4.23. The molecule has 0 saturated carbocycles. The molecule has 0 aliphatic carbocycles. The number of nitrogens with zero attached hydrogens (tertiary/aromatic N) is 2. The predicted molar refractivity (Wildman–Crippen MR) is 116 cm³/mol. The number of amides is 1. The molecule has 4 aromatic rings. The van der Waals surface area contributed by atoms with Crippen LogP contribution in [0.3, 0.4) is 0 Å². The number of nitrogens with one attached hydrogen (secondary N) is 2. The summed E-state index contributed by atoms with van der Waals surface area (Å²) < 4.78 is 5.30. The average molecular weight is 416 g/mol. The highest BCUT2D eigenvalue weighted by atomic mass is 16.6. The molecule has 0 bridgehead atoms. The maximum absolute atomic E-state index is 13.1. The zero-order valence-corrected chi connectivity index (χ0v) is 16.7. The van der Waals surface area contributed by atoms with Crippen LogP contribution in [0.4, 0.5) is 5.69 Å². The Morgan fingerprint density at radius 2 is 1.94 bits per heavy atom. The van der Waals surface area contributed by atoms with Gasteiger partial charge in [0, 0.05) is 11.6 Å². The predicted octanol–water partition coefficient (Wildman–Crippen LogP) is 4.39. The van der Waals surface area contributed by atoms with Gasteiger partial charge in [-0.2, -0.15) is 0 Å². The molecule has 1 atom stereocenters. The van der Waals surface area contributed by atoms with Crippen molar-refractivity contribution in [3.63, 3.8) is 0 Å². The van der Waals surface area contributed by atoms with Gasteiger partial charge < -0.3 is 15.0 Å². The van der Waals surface area contributed by atoms with Crippen LogP contribution in [0, 0.1) is 10.1 Å². The summed E-state index contributed by atoms with van der Waals surface area (Å²) in [6.45, 7) is 2.03. The maximum atomic E-state index is 13.1. The molecule has 8 nitrogen and oxygen atoms in total. The summed E-state index contributed by atoms with van der Waals surface area (Å²) in [5.41, 5.74) is 3.35. The van der Waals surface area contributed by atoms with Crippen molar-refractivity contribution in [1.29, 1.82) is 0 Å². The minimum absolute atomic E-state index is 0.133. The van der Waals surface area contributed by atoms with Gasteiger partial charge in [-0.25, -0.2) is 4.98 Å². The van der Waals surface area contributed by atoms with Gasteiger partial charge in [0.25, 0.3) is 5.91 Å². The maximum Gasteiger partial charge on any atom is 0.311 e. The lowest BCUT2D eigenvalue weighted by Gasteiger charge is -2.20. The smallest absolute Gasteiger partial charge is 0.311 e. The lowest BCUT2D eigenvalue weighted by atomic mass is 9.97. The number of hydrogen-bond donors (Lipinski definition) is 2. The number of rotatable bonds is 7. The Morgan fingerprint density at radius 3 is 2.68 bits per heavy atom. The van der Waals surface area contributed by atoms with Crippen molar-refractivity contribution in [1.82, 2.24) is 15.3 Å². The number of ether oxygens (including phenoxy) is 1. The summed E-state index contributed by atoms with van der Waals surface area (Å²) >= 11 is 0. The van der Waals surface area contributed by atoms with Crippen molar-refractivity contribution in [3.8, 4) is 5.75 Å². The molecule has 1 unspecified atom stereocenters. The van der Waals surface area contributed by atoms with E-state index in [2.05, 4.69) is 15.3 Å². The Balaban J connectivity index is 1.69. The molecule has 0 fully saturated rings. The molecule has 0 radical (unpaired) electrons. The van der Waals surface area contributed by atoms with Crippen molar-refractivity contribution in [2.24, 2.45) is 0 Å². The van der Waals surface area contributed by atoms with E-state index in [1.165, 1.54) is 18.2 Å². The number of carbonyl (C=O) groups excluding carboxylic acids is 1. The van der Waals surface area contributed by atoms with E-state index in [1.807, 2.05) is 48.5 Å². The first-order chi connectivity index (χ1) is 15.1. The number of nitro benzene ring substituents is 1. The summed E-state index contributed by atoms with van der Waals surface area (Å²) in [6, 6.07) is 19.0. The highest BCUT2D eigenvalue weighted by Crippen LogP contribution is 2.29. The Bertz CT molecular complexity index is 1240. The van der Waals surface area contributed by atoms with E-state index in [1.54, 1.807) is 13.3 Å². The summed E-state index contributed by atoms with van der Waals surface area (Å²) in [4.78, 5) is 31.2. The van der Waals surface area contributed by atoms with Crippen LogP contribution in [0.2, 0.25) is 0 Å². The fraction of sp³-hybridized carbons (Fsp3) is 0.130. The fourth-order valence-corrected chi connectivity index (χ4v) is 3.43. The van der Waals surface area contributed by atoms with E-state index in [-0.39, 0.29) is 17.0 Å². The number of carbonyl (C=O) groups is 1. The number of aromatic nitrogens is 2. The van der Waals surface area contributed by atoms with Crippen LogP contribution >= 0.6 is 0 Å². The molecule has 3 aromatic carbocycles. The zero-order valence-electron chi connectivity index (χ0n) is 16.7. The van der Waals surface area contributed by atoms with E-state index in [0.717, 1.165) is 22.2 Å². The average Bonchev–Trinajstić information content (AvgIpc) is 3.26. The Morgan fingerprint density at radius 1 is 1.13 bits per heavy atom. The van der Waals surface area contributed by atoms with Crippen LogP contribution < -0.4 is 10.1 Å². The lowest BCUT2D eigenvalue weighted by Crippen LogP contribution is -2.29. The van der Waals surface area contributed by atoms with Crippen LogP contribution in [0.1, 0.15) is 34.5 Å². The van der Waals surface area contributed by atoms with Gasteiger partial charge in [0.15, 0.2) is 5.75 Å². The van der Waals surface area contributed by atoms with E-state index in [0.29, 0.717) is 6.61 Å². The van der Waals surface area contributed by atoms with Gasteiger partial charge in [-0.1, -0.05) is 36.4 Å². The molecule has 0 spiro atoms. The normalized spacial score (nSPS) is 11.8. The van der Waals surface area contributed by atoms with Gasteiger partial charge >= 0.3 is 5.69 Å². The number of fused-ring (bicyclic) bond motifs is 1. The molecule has 1 aromatic heterocycles. The highest BCUT2D eigenvalue weighted by Gasteiger charge is 2.22. The van der Waals surface area contributed by atoms with Gasteiger partial charge in [0.1, 0.15) is 0 Å². The molecular formula is C23H20N4O4. The number of hydrogen-bond acceptors (Lipinski definition) is 5. The van der Waals surface area contributed by atoms with Crippen molar-refractivity contribution < 1.29 is 14.5 Å². The molecule has 8 heteroatoms. The van der Waals surface area contributed by atoms with Crippen molar-refractivity contribution >= 4 is 22.6 Å². The monoisotopic (exact) mass is 416 g/mol. The van der Waals surface area contributed by atoms with E-state index in [9.17, 15) is 14.9 Å². The van der Waals surface area contributed by atoms with Crippen LogP contribution in [0.5, 0.6) is 5.75 Å². The van der Waals surface area contributed by atoms with Crippen LogP contribution in [-0.2, 0) is 0 Å². The first-order valence-electron chi connectivity index (χ1n) is 9.77. The molecule has 2 N–H and O–H groups in total. The first-order valence-corrected chi connectivity index (χ1v) is 9.77. The number of benzene rings is 3. The minimum atomic E-state index is -0.553. The molecule has 31 heavy (non-hydrogen) atoms. The van der Waals surface area contributed by atoms with Gasteiger partial charge in [0.2, 0.25) is 0 Å². The third-order valence-corrected chi connectivity index (χ3v) is 4.90. The summed E-state index contributed by atoms with van der Waals surface area (Å²) in [5, 5.41) is 14.4. The highest BCUT2D eigenvalue weighted by molar-refractivity contribution is 5.95.